The minimum Gasteiger partial charge on any atom is -0.377 e. The molecule has 25 heavy (non-hydrogen) atoms. The summed E-state index contributed by atoms with van der Waals surface area (Å²) in [5.74, 6) is -0.412. The van der Waals surface area contributed by atoms with Crippen LogP contribution in [0.15, 0.2) is 0 Å². The van der Waals surface area contributed by atoms with Gasteiger partial charge >= 0.3 is 8.80 Å². The minimum atomic E-state index is -2.47. The molecule has 0 amide bonds. The largest absolute Gasteiger partial charge is 0.500 e. The Morgan fingerprint density at radius 3 is 1.96 bits per heavy atom. The summed E-state index contributed by atoms with van der Waals surface area (Å²) < 4.78 is 34.5. The molecule has 2 rings (SSSR count). The molecule has 0 aliphatic carbocycles. The van der Waals surface area contributed by atoms with Gasteiger partial charge in [-0.3, -0.25) is 0 Å². The van der Waals surface area contributed by atoms with Gasteiger partial charge in [0.05, 0.1) is 19.8 Å². The maximum Gasteiger partial charge on any atom is 0.500 e. The van der Waals surface area contributed by atoms with Crippen molar-refractivity contribution >= 4 is 8.80 Å². The molecular weight excluding hydrogens is 340 g/mol. The summed E-state index contributed by atoms with van der Waals surface area (Å²) in [7, 11) is 2.50. The molecule has 2 heterocycles. The van der Waals surface area contributed by atoms with Crippen LogP contribution in [0.4, 0.5) is 0 Å². The van der Waals surface area contributed by atoms with Gasteiger partial charge < -0.3 is 27.5 Å². The van der Waals surface area contributed by atoms with Crippen LogP contribution >= 0.6 is 0 Å². The van der Waals surface area contributed by atoms with Gasteiger partial charge in [-0.25, -0.2) is 0 Å². The Bertz CT molecular complexity index is 369. The molecule has 148 valence electrons. The van der Waals surface area contributed by atoms with Gasteiger partial charge in [0.1, 0.15) is 0 Å². The fraction of sp³-hybridized carbons (Fsp3) is 1.00. The van der Waals surface area contributed by atoms with Gasteiger partial charge in [0.15, 0.2) is 0 Å². The Hall–Kier alpha value is -0.0231. The highest BCUT2D eigenvalue weighted by molar-refractivity contribution is 6.60. The van der Waals surface area contributed by atoms with Crippen LogP contribution in [-0.4, -0.2) is 55.9 Å². The highest BCUT2D eigenvalue weighted by Gasteiger charge is 2.46. The first-order valence-corrected chi connectivity index (χ1v) is 11.5. The van der Waals surface area contributed by atoms with E-state index in [0.717, 1.165) is 51.2 Å². The molecule has 0 saturated carbocycles. The van der Waals surface area contributed by atoms with E-state index in [0.29, 0.717) is 24.5 Å². The van der Waals surface area contributed by atoms with Gasteiger partial charge in [0, 0.05) is 39.7 Å². The molecule has 0 unspecified atom stereocenters. The summed E-state index contributed by atoms with van der Waals surface area (Å²) in [6, 6.07) is 0.810. The summed E-state index contributed by atoms with van der Waals surface area (Å²) in [4.78, 5) is 0. The lowest BCUT2D eigenvalue weighted by Gasteiger charge is -2.47. The van der Waals surface area contributed by atoms with E-state index in [-0.39, 0.29) is 0 Å². The lowest BCUT2D eigenvalue weighted by atomic mass is 9.77. The maximum atomic E-state index is 6.07. The van der Waals surface area contributed by atoms with E-state index in [1.54, 1.807) is 21.3 Å². The topological polar surface area (TPSA) is 55.4 Å². The third kappa shape index (κ3) is 5.03. The molecule has 0 bridgehead atoms. The van der Waals surface area contributed by atoms with Gasteiger partial charge in [-0.15, -0.1) is 0 Å². The molecule has 2 aliphatic rings. The second kappa shape index (κ2) is 9.26. The molecule has 2 fully saturated rings. The van der Waals surface area contributed by atoms with Crippen LogP contribution in [0.5, 0.6) is 0 Å². The van der Waals surface area contributed by atoms with Crippen LogP contribution in [0.25, 0.3) is 0 Å². The monoisotopic (exact) mass is 376 g/mol. The Labute approximate surface area is 153 Å². The van der Waals surface area contributed by atoms with Gasteiger partial charge in [-0.2, -0.15) is 0 Å². The Morgan fingerprint density at radius 2 is 1.52 bits per heavy atom. The van der Waals surface area contributed by atoms with Crippen LogP contribution in [-0.2, 0) is 27.5 Å². The second-order valence-electron chi connectivity index (χ2n) is 7.35. The van der Waals surface area contributed by atoms with Crippen LogP contribution in [0.2, 0.25) is 6.04 Å². The molecule has 0 aromatic rings. The summed E-state index contributed by atoms with van der Waals surface area (Å²) in [6.45, 7) is 6.59. The second-order valence-corrected chi connectivity index (χ2v) is 10.4. The Balaban J connectivity index is 1.73. The fourth-order valence-electron chi connectivity index (χ4n) is 3.77. The molecule has 0 N–H and O–H groups in total. The summed E-state index contributed by atoms with van der Waals surface area (Å²) in [5, 5.41) is 0. The first-order chi connectivity index (χ1) is 12.0. The number of hydrogen-bond acceptors (Lipinski definition) is 6. The molecule has 6 nitrogen and oxygen atoms in total. The molecule has 0 radical (unpaired) electrons. The van der Waals surface area contributed by atoms with Crippen molar-refractivity contribution < 1.29 is 27.5 Å². The lowest BCUT2D eigenvalue weighted by Crippen LogP contribution is -2.52. The summed E-state index contributed by atoms with van der Waals surface area (Å²) >= 11 is 0. The van der Waals surface area contributed by atoms with Gasteiger partial charge in [0.2, 0.25) is 0 Å². The van der Waals surface area contributed by atoms with Gasteiger partial charge in [0.25, 0.3) is 5.97 Å². The van der Waals surface area contributed by atoms with Crippen molar-refractivity contribution in [1.29, 1.82) is 0 Å². The van der Waals surface area contributed by atoms with E-state index >= 15 is 0 Å². The molecule has 2 aliphatic heterocycles. The van der Waals surface area contributed by atoms with E-state index in [1.807, 2.05) is 0 Å². The van der Waals surface area contributed by atoms with Crippen molar-refractivity contribution in [3.05, 3.63) is 0 Å². The van der Waals surface area contributed by atoms with Crippen LogP contribution in [0.3, 0.4) is 0 Å². The molecular formula is C18H36O6Si. The molecule has 0 aromatic carbocycles. The van der Waals surface area contributed by atoms with Crippen LogP contribution < -0.4 is 0 Å². The molecule has 1 spiro atoms. The SMILES string of the molecule is CCC1(CC)CCC2(OCC(CCC[Si](OC)(OC)OC)CO2)OC1. The van der Waals surface area contributed by atoms with Crippen molar-refractivity contribution in [3.63, 3.8) is 0 Å². The molecule has 2 saturated heterocycles. The predicted molar refractivity (Wildman–Crippen MR) is 97.1 cm³/mol. The van der Waals surface area contributed by atoms with Crippen molar-refractivity contribution in [1.82, 2.24) is 0 Å². The Kier molecular flexibility index (Phi) is 7.88. The zero-order valence-electron chi connectivity index (χ0n) is 16.6. The van der Waals surface area contributed by atoms with Crippen molar-refractivity contribution in [2.45, 2.75) is 64.4 Å². The van der Waals surface area contributed by atoms with E-state index in [4.69, 9.17) is 27.5 Å². The van der Waals surface area contributed by atoms with Crippen molar-refractivity contribution in [2.24, 2.45) is 11.3 Å². The van der Waals surface area contributed by atoms with Crippen molar-refractivity contribution in [2.75, 3.05) is 41.2 Å². The summed E-state index contributed by atoms with van der Waals surface area (Å²) in [5.41, 5.74) is 0.295. The first-order valence-electron chi connectivity index (χ1n) is 9.58. The highest BCUT2D eigenvalue weighted by atomic mass is 28.4. The highest BCUT2D eigenvalue weighted by Crippen LogP contribution is 2.43. The van der Waals surface area contributed by atoms with E-state index in [1.165, 1.54) is 0 Å². The Morgan fingerprint density at radius 1 is 0.920 bits per heavy atom. The lowest BCUT2D eigenvalue weighted by molar-refractivity contribution is -0.429. The summed E-state index contributed by atoms with van der Waals surface area (Å²) in [6.07, 6.45) is 6.21. The predicted octanol–water partition coefficient (Wildman–Crippen LogP) is 3.58. The number of rotatable bonds is 9. The average Bonchev–Trinajstić information content (AvgIpc) is 2.68. The third-order valence-electron chi connectivity index (χ3n) is 6.17. The normalized spacial score (nSPS) is 29.9. The van der Waals surface area contributed by atoms with E-state index in [2.05, 4.69) is 13.8 Å². The van der Waals surface area contributed by atoms with Gasteiger partial charge in [-0.05, 0) is 37.5 Å². The smallest absolute Gasteiger partial charge is 0.377 e. The van der Waals surface area contributed by atoms with Crippen LogP contribution in [0.1, 0.15) is 52.4 Å². The minimum absolute atomic E-state index is 0.295. The standard InChI is InChI=1S/C18H36O6Si/c1-6-17(7-2)10-11-18(24-15-17)22-13-16(14-23-18)9-8-12-25(19-3,20-4)21-5/h16H,6-15H2,1-5H3. The van der Waals surface area contributed by atoms with E-state index < -0.39 is 14.8 Å². The zero-order chi connectivity index (χ0) is 18.4. The maximum absolute atomic E-state index is 6.07. The molecule has 7 heteroatoms. The quantitative estimate of drug-likeness (QED) is 0.573. The number of ether oxygens (including phenoxy) is 3. The number of hydrogen-bond donors (Lipinski definition) is 0. The third-order valence-corrected chi connectivity index (χ3v) is 9.00. The first kappa shape index (κ1) is 21.3. The zero-order valence-corrected chi connectivity index (χ0v) is 17.6. The fourth-order valence-corrected chi connectivity index (χ4v) is 5.52. The van der Waals surface area contributed by atoms with Gasteiger partial charge in [-0.1, -0.05) is 13.8 Å². The molecule has 0 aromatic heterocycles. The average molecular weight is 377 g/mol. The van der Waals surface area contributed by atoms with Crippen molar-refractivity contribution in [3.8, 4) is 0 Å². The van der Waals surface area contributed by atoms with E-state index in [9.17, 15) is 0 Å². The molecule has 0 atom stereocenters. The van der Waals surface area contributed by atoms with Crippen LogP contribution in [0, 0.1) is 11.3 Å².